The minimum Gasteiger partial charge on any atom is -0.325 e. The van der Waals surface area contributed by atoms with Crippen LogP contribution in [0.15, 0.2) is 40.1 Å². The van der Waals surface area contributed by atoms with Crippen molar-refractivity contribution in [3.63, 3.8) is 0 Å². The summed E-state index contributed by atoms with van der Waals surface area (Å²) in [5, 5.41) is 6.76. The predicted octanol–water partition coefficient (Wildman–Crippen LogP) is 2.11. The Hall–Kier alpha value is -2.41. The van der Waals surface area contributed by atoms with Gasteiger partial charge in [0, 0.05) is 17.2 Å². The lowest BCUT2D eigenvalue weighted by atomic mass is 9.85. The van der Waals surface area contributed by atoms with Gasteiger partial charge in [-0.3, -0.25) is 9.59 Å². The van der Waals surface area contributed by atoms with Crippen molar-refractivity contribution in [3.05, 3.63) is 45.6 Å². The highest BCUT2D eigenvalue weighted by atomic mass is 32.1. The number of allylic oxidation sites excluding steroid dienone is 3. The summed E-state index contributed by atoms with van der Waals surface area (Å²) in [6.07, 6.45) is 8.50. The highest BCUT2D eigenvalue weighted by Crippen LogP contribution is 2.39. The monoisotopic (exact) mass is 326 g/mol. The predicted molar refractivity (Wildman–Crippen MR) is 86.1 cm³/mol. The summed E-state index contributed by atoms with van der Waals surface area (Å²) >= 11 is 1.04. The zero-order valence-electron chi connectivity index (χ0n) is 12.5. The van der Waals surface area contributed by atoms with E-state index in [1.54, 1.807) is 13.0 Å². The molecular weight excluding hydrogens is 312 g/mol. The maximum absolute atomic E-state index is 12.2. The summed E-state index contributed by atoms with van der Waals surface area (Å²) in [6.45, 7) is 1.73. The Bertz CT molecular complexity index is 844. The van der Waals surface area contributed by atoms with E-state index in [9.17, 15) is 9.59 Å². The van der Waals surface area contributed by atoms with Gasteiger partial charge in [0.15, 0.2) is 0 Å². The quantitative estimate of drug-likeness (QED) is 0.856. The molecule has 1 aliphatic heterocycles. The number of carbonyl (C=O) groups excluding carboxylic acids is 2. The number of carbonyl (C=O) groups is 2. The third-order valence-electron chi connectivity index (χ3n) is 4.34. The van der Waals surface area contributed by atoms with Crippen LogP contribution in [0, 0.1) is 12.8 Å². The maximum Gasteiger partial charge on any atom is 0.291 e. The second-order valence-corrected chi connectivity index (χ2v) is 6.53. The van der Waals surface area contributed by atoms with Gasteiger partial charge < -0.3 is 5.32 Å². The minimum atomic E-state index is -0.352. The number of fused-ring (bicyclic) bond motifs is 2. The van der Waals surface area contributed by atoms with E-state index in [2.05, 4.69) is 19.9 Å². The molecule has 0 saturated carbocycles. The summed E-state index contributed by atoms with van der Waals surface area (Å²) in [6, 6.07) is 0. The number of nitrogens with one attached hydrogen (secondary N) is 1. The SMILES string of the molecule is Cc1nnsc1C(=O)N=C1C=CC2C(=C1)NC(=O)C1=C2CCC1. The van der Waals surface area contributed by atoms with Crippen molar-refractivity contribution in [2.24, 2.45) is 10.9 Å². The molecule has 116 valence electrons. The van der Waals surface area contributed by atoms with Gasteiger partial charge in [0.05, 0.1) is 11.4 Å². The van der Waals surface area contributed by atoms with Crippen LogP contribution in [0.1, 0.15) is 34.6 Å². The summed E-state index contributed by atoms with van der Waals surface area (Å²) < 4.78 is 3.75. The van der Waals surface area contributed by atoms with Gasteiger partial charge >= 0.3 is 0 Å². The smallest absolute Gasteiger partial charge is 0.291 e. The molecule has 1 aromatic rings. The van der Waals surface area contributed by atoms with Gasteiger partial charge in [-0.15, -0.1) is 5.10 Å². The van der Waals surface area contributed by atoms with Crippen LogP contribution >= 0.6 is 11.5 Å². The molecule has 0 saturated heterocycles. The Kier molecular flexibility index (Phi) is 3.30. The molecule has 4 rings (SSSR count). The average Bonchev–Trinajstić information content (AvgIpc) is 3.16. The van der Waals surface area contributed by atoms with E-state index >= 15 is 0 Å². The third kappa shape index (κ3) is 2.37. The summed E-state index contributed by atoms with van der Waals surface area (Å²) in [7, 11) is 0. The standard InChI is InChI=1S/C16H14N4O2S/c1-8-14(23-20-19-8)16(22)17-9-5-6-11-10-3-2-4-12(10)15(21)18-13(11)7-9/h5-7,11H,2-4H2,1H3,(H,18,21). The van der Waals surface area contributed by atoms with Crippen molar-refractivity contribution in [2.75, 3.05) is 0 Å². The van der Waals surface area contributed by atoms with Gasteiger partial charge in [0.1, 0.15) is 4.88 Å². The Labute approximate surface area is 136 Å². The molecule has 0 bridgehead atoms. The van der Waals surface area contributed by atoms with Crippen LogP contribution in [0.3, 0.4) is 0 Å². The van der Waals surface area contributed by atoms with Crippen molar-refractivity contribution in [1.29, 1.82) is 0 Å². The van der Waals surface area contributed by atoms with Crippen molar-refractivity contribution >= 4 is 29.1 Å². The van der Waals surface area contributed by atoms with Crippen LogP contribution in [0.5, 0.6) is 0 Å². The molecule has 1 aromatic heterocycles. The van der Waals surface area contributed by atoms with Crippen LogP contribution in [0.2, 0.25) is 0 Å². The molecule has 0 spiro atoms. The lowest BCUT2D eigenvalue weighted by Gasteiger charge is -2.28. The van der Waals surface area contributed by atoms with Crippen molar-refractivity contribution in [2.45, 2.75) is 26.2 Å². The Morgan fingerprint density at radius 3 is 3.09 bits per heavy atom. The Morgan fingerprint density at radius 2 is 2.30 bits per heavy atom. The Morgan fingerprint density at radius 1 is 1.43 bits per heavy atom. The number of hydrogen-bond acceptors (Lipinski definition) is 5. The second-order valence-electron chi connectivity index (χ2n) is 5.78. The molecule has 7 heteroatoms. The molecule has 2 heterocycles. The van der Waals surface area contributed by atoms with Crippen molar-refractivity contribution in [1.82, 2.24) is 14.9 Å². The maximum atomic E-state index is 12.2. The van der Waals surface area contributed by atoms with E-state index in [0.29, 0.717) is 16.3 Å². The van der Waals surface area contributed by atoms with E-state index in [1.807, 2.05) is 12.2 Å². The molecule has 0 aromatic carbocycles. The van der Waals surface area contributed by atoms with E-state index < -0.39 is 0 Å². The minimum absolute atomic E-state index is 0.0107. The lowest BCUT2D eigenvalue weighted by molar-refractivity contribution is -0.117. The Balaban J connectivity index is 1.65. The van der Waals surface area contributed by atoms with Gasteiger partial charge in [-0.1, -0.05) is 10.6 Å². The number of aliphatic imine (C=N–C) groups is 1. The largest absolute Gasteiger partial charge is 0.325 e. The fourth-order valence-electron chi connectivity index (χ4n) is 3.25. The second kappa shape index (κ2) is 5.34. The molecule has 23 heavy (non-hydrogen) atoms. The fraction of sp³-hybridized carbons (Fsp3) is 0.312. The van der Waals surface area contributed by atoms with Gasteiger partial charge in [-0.2, -0.15) is 0 Å². The number of aryl methyl sites for hydroxylation is 1. The van der Waals surface area contributed by atoms with Crippen LogP contribution in [0.4, 0.5) is 0 Å². The molecule has 0 fully saturated rings. The molecule has 0 radical (unpaired) electrons. The number of rotatable bonds is 1. The van der Waals surface area contributed by atoms with Crippen LogP contribution in [0.25, 0.3) is 0 Å². The average molecular weight is 326 g/mol. The lowest BCUT2D eigenvalue weighted by Crippen LogP contribution is -2.35. The highest BCUT2D eigenvalue weighted by Gasteiger charge is 2.34. The van der Waals surface area contributed by atoms with Gasteiger partial charge in [-0.25, -0.2) is 4.99 Å². The van der Waals surface area contributed by atoms with Gasteiger partial charge in [0.2, 0.25) is 0 Å². The molecule has 2 aliphatic carbocycles. The summed E-state index contributed by atoms with van der Waals surface area (Å²) in [5.41, 5.74) is 4.07. The molecule has 1 N–H and O–H groups in total. The topological polar surface area (TPSA) is 84.3 Å². The number of nitrogens with zero attached hydrogens (tertiary/aromatic N) is 3. The fourth-order valence-corrected chi connectivity index (χ4v) is 3.80. The van der Waals surface area contributed by atoms with Crippen LogP contribution < -0.4 is 5.32 Å². The number of aromatic nitrogens is 2. The van der Waals surface area contributed by atoms with Gasteiger partial charge in [-0.05, 0) is 55.4 Å². The number of hydrogen-bond donors (Lipinski definition) is 1. The first-order valence-electron chi connectivity index (χ1n) is 7.48. The molecule has 1 unspecified atom stereocenters. The molecule has 3 aliphatic rings. The van der Waals surface area contributed by atoms with Crippen molar-refractivity contribution < 1.29 is 9.59 Å². The first-order chi connectivity index (χ1) is 11.1. The highest BCUT2D eigenvalue weighted by molar-refractivity contribution is 7.08. The van der Waals surface area contributed by atoms with E-state index in [4.69, 9.17) is 0 Å². The summed E-state index contributed by atoms with van der Waals surface area (Å²) in [5.74, 6) is -0.245. The van der Waals surface area contributed by atoms with Crippen LogP contribution in [-0.4, -0.2) is 27.1 Å². The summed E-state index contributed by atoms with van der Waals surface area (Å²) in [4.78, 5) is 28.9. The molecule has 6 nitrogen and oxygen atoms in total. The number of amides is 2. The third-order valence-corrected chi connectivity index (χ3v) is 5.16. The van der Waals surface area contributed by atoms with Crippen molar-refractivity contribution in [3.8, 4) is 0 Å². The molecular formula is C16H14N4O2S. The zero-order chi connectivity index (χ0) is 16.0. The van der Waals surface area contributed by atoms with E-state index in [0.717, 1.165) is 42.1 Å². The first-order valence-corrected chi connectivity index (χ1v) is 8.26. The van der Waals surface area contributed by atoms with Gasteiger partial charge in [0.25, 0.3) is 11.8 Å². The van der Waals surface area contributed by atoms with E-state index in [1.165, 1.54) is 5.57 Å². The molecule has 1 atom stereocenters. The zero-order valence-corrected chi connectivity index (χ0v) is 13.3. The molecule has 2 amide bonds. The van der Waals surface area contributed by atoms with E-state index in [-0.39, 0.29) is 17.7 Å². The first kappa shape index (κ1) is 14.2. The normalized spacial score (nSPS) is 24.4. The van der Waals surface area contributed by atoms with Crippen LogP contribution in [-0.2, 0) is 4.79 Å².